The molecule has 1 fully saturated rings. The number of amides is 1. The Kier molecular flexibility index (Phi) is 4.72. The van der Waals surface area contributed by atoms with Gasteiger partial charge in [-0.25, -0.2) is 18.3 Å². The number of hydrogen-bond acceptors (Lipinski definition) is 4. The highest BCUT2D eigenvalue weighted by molar-refractivity contribution is 5.94. The van der Waals surface area contributed by atoms with Crippen molar-refractivity contribution >= 4 is 5.91 Å². The molecule has 4 rings (SSSR count). The molecule has 2 aromatic heterocycles. The van der Waals surface area contributed by atoms with E-state index < -0.39 is 17.5 Å². The third kappa shape index (κ3) is 3.55. The van der Waals surface area contributed by atoms with E-state index in [0.29, 0.717) is 11.9 Å². The second-order valence-corrected chi connectivity index (χ2v) is 6.55. The Morgan fingerprint density at radius 3 is 2.75 bits per heavy atom. The van der Waals surface area contributed by atoms with Gasteiger partial charge >= 0.3 is 5.69 Å². The van der Waals surface area contributed by atoms with Crippen molar-refractivity contribution in [1.29, 1.82) is 0 Å². The van der Waals surface area contributed by atoms with E-state index in [9.17, 15) is 18.4 Å². The van der Waals surface area contributed by atoms with Gasteiger partial charge in [-0.2, -0.15) is 0 Å². The fraction of sp³-hybridized carbons (Fsp3) is 0.263. The summed E-state index contributed by atoms with van der Waals surface area (Å²) in [5, 5.41) is 6.92. The number of rotatable bonds is 6. The summed E-state index contributed by atoms with van der Waals surface area (Å²) in [7, 11) is 0. The van der Waals surface area contributed by atoms with Gasteiger partial charge in [0.25, 0.3) is 5.91 Å². The van der Waals surface area contributed by atoms with E-state index in [1.165, 1.54) is 4.68 Å². The van der Waals surface area contributed by atoms with Crippen LogP contribution in [0.15, 0.2) is 47.5 Å². The summed E-state index contributed by atoms with van der Waals surface area (Å²) in [5.74, 6) is -1.84. The molecule has 28 heavy (non-hydrogen) atoms. The summed E-state index contributed by atoms with van der Waals surface area (Å²) in [6.45, 7) is 0.198. The molecule has 1 amide bonds. The molecule has 0 spiro atoms. The first-order valence-electron chi connectivity index (χ1n) is 8.87. The van der Waals surface area contributed by atoms with E-state index in [0.717, 1.165) is 30.5 Å². The number of nitrogens with one attached hydrogen (secondary N) is 1. The van der Waals surface area contributed by atoms with Gasteiger partial charge < -0.3 is 5.32 Å². The quantitative estimate of drug-likeness (QED) is 0.705. The molecule has 1 aliphatic rings. The van der Waals surface area contributed by atoms with Crippen molar-refractivity contribution in [2.75, 3.05) is 6.54 Å². The Bertz CT molecular complexity index is 1070. The standard InChI is InChI=1S/C19H17F2N5O2/c20-13-3-6-15(16(21)10-13)18(27)23-8-9-25-19(28)26(14-4-5-14)17(24-25)12-2-1-7-22-11-12/h1-3,6-7,10-11,14H,4-5,8-9H2,(H,23,27). The number of carbonyl (C=O) groups excluding carboxylic acids is 1. The van der Waals surface area contributed by atoms with Crippen molar-refractivity contribution in [1.82, 2.24) is 24.6 Å². The van der Waals surface area contributed by atoms with Gasteiger partial charge in [-0.15, -0.1) is 5.10 Å². The van der Waals surface area contributed by atoms with E-state index in [1.807, 2.05) is 6.07 Å². The van der Waals surface area contributed by atoms with Crippen LogP contribution in [0.1, 0.15) is 29.2 Å². The molecule has 7 nitrogen and oxygen atoms in total. The Morgan fingerprint density at radius 1 is 1.25 bits per heavy atom. The molecule has 0 saturated heterocycles. The van der Waals surface area contributed by atoms with Crippen molar-refractivity contribution < 1.29 is 13.6 Å². The maximum atomic E-state index is 13.7. The summed E-state index contributed by atoms with van der Waals surface area (Å²) < 4.78 is 29.6. The highest BCUT2D eigenvalue weighted by Crippen LogP contribution is 2.36. The monoisotopic (exact) mass is 385 g/mol. The molecule has 0 atom stereocenters. The maximum Gasteiger partial charge on any atom is 0.346 e. The van der Waals surface area contributed by atoms with Crippen molar-refractivity contribution in [3.63, 3.8) is 0 Å². The number of carbonyl (C=O) groups is 1. The number of pyridine rings is 1. The summed E-state index contributed by atoms with van der Waals surface area (Å²) >= 11 is 0. The van der Waals surface area contributed by atoms with Crippen molar-refractivity contribution in [2.45, 2.75) is 25.4 Å². The van der Waals surface area contributed by atoms with E-state index >= 15 is 0 Å². The van der Waals surface area contributed by atoms with Crippen molar-refractivity contribution in [2.24, 2.45) is 0 Å². The second-order valence-electron chi connectivity index (χ2n) is 6.55. The topological polar surface area (TPSA) is 81.8 Å². The molecule has 9 heteroatoms. The van der Waals surface area contributed by atoms with Crippen LogP contribution < -0.4 is 11.0 Å². The zero-order valence-corrected chi connectivity index (χ0v) is 14.8. The van der Waals surface area contributed by atoms with Crippen molar-refractivity contribution in [3.05, 3.63) is 70.4 Å². The third-order valence-electron chi connectivity index (χ3n) is 4.49. The van der Waals surface area contributed by atoms with Gasteiger partial charge in [-0.05, 0) is 37.1 Å². The van der Waals surface area contributed by atoms with Crippen LogP contribution in [0, 0.1) is 11.6 Å². The molecule has 2 heterocycles. The number of halogens is 2. The van der Waals surface area contributed by atoms with E-state index in [1.54, 1.807) is 23.0 Å². The van der Waals surface area contributed by atoms with E-state index in [-0.39, 0.29) is 30.4 Å². The minimum atomic E-state index is -0.938. The van der Waals surface area contributed by atoms with Gasteiger partial charge in [0, 0.05) is 36.6 Å². The summed E-state index contributed by atoms with van der Waals surface area (Å²) in [6, 6.07) is 6.47. The lowest BCUT2D eigenvalue weighted by Gasteiger charge is -2.06. The van der Waals surface area contributed by atoms with Crippen LogP contribution in [-0.2, 0) is 6.54 Å². The van der Waals surface area contributed by atoms with Crippen LogP contribution in [-0.4, -0.2) is 31.8 Å². The number of hydrogen-bond donors (Lipinski definition) is 1. The number of benzene rings is 1. The van der Waals surface area contributed by atoms with E-state index in [2.05, 4.69) is 15.4 Å². The Labute approximate surface area is 158 Å². The van der Waals surface area contributed by atoms with Crippen LogP contribution in [0.3, 0.4) is 0 Å². The van der Waals surface area contributed by atoms with Crippen LogP contribution in [0.4, 0.5) is 8.78 Å². The lowest BCUT2D eigenvalue weighted by Crippen LogP contribution is -2.32. The van der Waals surface area contributed by atoms with Crippen LogP contribution in [0.5, 0.6) is 0 Å². The van der Waals surface area contributed by atoms with E-state index in [4.69, 9.17) is 0 Å². The van der Waals surface area contributed by atoms with Gasteiger partial charge in [0.1, 0.15) is 11.6 Å². The molecule has 3 aromatic rings. The normalized spacial score (nSPS) is 13.5. The van der Waals surface area contributed by atoms with Crippen LogP contribution in [0.25, 0.3) is 11.4 Å². The lowest BCUT2D eigenvalue weighted by atomic mass is 10.2. The minimum absolute atomic E-state index is 0.0731. The average Bonchev–Trinajstić information content (AvgIpc) is 3.46. The van der Waals surface area contributed by atoms with Crippen molar-refractivity contribution in [3.8, 4) is 11.4 Å². The Balaban J connectivity index is 1.50. The fourth-order valence-electron chi connectivity index (χ4n) is 2.96. The Morgan fingerprint density at radius 2 is 2.07 bits per heavy atom. The van der Waals surface area contributed by atoms with Gasteiger partial charge in [0.15, 0.2) is 5.82 Å². The zero-order chi connectivity index (χ0) is 19.7. The third-order valence-corrected chi connectivity index (χ3v) is 4.49. The summed E-state index contributed by atoms with van der Waals surface area (Å²) in [4.78, 5) is 28.8. The molecule has 1 aliphatic carbocycles. The molecule has 144 valence electrons. The summed E-state index contributed by atoms with van der Waals surface area (Å²) in [6.07, 6.45) is 5.12. The molecule has 0 aliphatic heterocycles. The average molecular weight is 385 g/mol. The molecule has 1 aromatic carbocycles. The van der Waals surface area contributed by atoms with Gasteiger partial charge in [-0.1, -0.05) is 0 Å². The maximum absolute atomic E-state index is 13.7. The fourth-order valence-corrected chi connectivity index (χ4v) is 2.96. The summed E-state index contributed by atoms with van der Waals surface area (Å²) in [5.41, 5.74) is 0.222. The predicted octanol–water partition coefficient (Wildman–Crippen LogP) is 2.15. The predicted molar refractivity (Wildman–Crippen MR) is 96.7 cm³/mol. The molecule has 0 bridgehead atoms. The molecule has 0 unspecified atom stereocenters. The molecule has 1 N–H and O–H groups in total. The first-order chi connectivity index (χ1) is 13.5. The highest BCUT2D eigenvalue weighted by atomic mass is 19.1. The zero-order valence-electron chi connectivity index (χ0n) is 14.8. The smallest absolute Gasteiger partial charge is 0.346 e. The van der Waals surface area contributed by atoms with Crippen LogP contribution >= 0.6 is 0 Å². The Hall–Kier alpha value is -3.36. The molecule has 0 radical (unpaired) electrons. The lowest BCUT2D eigenvalue weighted by molar-refractivity contribution is 0.0947. The first-order valence-corrected chi connectivity index (χ1v) is 8.87. The minimum Gasteiger partial charge on any atom is -0.350 e. The molecular weight excluding hydrogens is 368 g/mol. The van der Waals surface area contributed by atoms with Gasteiger partial charge in [-0.3, -0.25) is 14.3 Å². The second kappa shape index (κ2) is 7.34. The molecule has 1 saturated carbocycles. The highest BCUT2D eigenvalue weighted by Gasteiger charge is 2.30. The first kappa shape index (κ1) is 18.0. The molecular formula is C19H17F2N5O2. The number of nitrogens with zero attached hydrogens (tertiary/aromatic N) is 4. The van der Waals surface area contributed by atoms with Gasteiger partial charge in [0.05, 0.1) is 12.1 Å². The van der Waals surface area contributed by atoms with Gasteiger partial charge in [0.2, 0.25) is 0 Å². The number of aromatic nitrogens is 4. The SMILES string of the molecule is O=C(NCCn1nc(-c2cccnc2)n(C2CC2)c1=O)c1ccc(F)cc1F. The van der Waals surface area contributed by atoms with Crippen LogP contribution in [0.2, 0.25) is 0 Å². The largest absolute Gasteiger partial charge is 0.350 e.